The number of carbonyl (C=O) groups is 2. The van der Waals surface area contributed by atoms with Gasteiger partial charge in [0.25, 0.3) is 0 Å². The van der Waals surface area contributed by atoms with Crippen LogP contribution in [-0.2, 0) is 29.6 Å². The second kappa shape index (κ2) is 8.66. The molecule has 8 heteroatoms. The average molecular weight is 361 g/mol. The van der Waals surface area contributed by atoms with Crippen LogP contribution in [0.25, 0.3) is 0 Å². The number of carbonyl (C=O) groups excluding carboxylic acids is 2. The first kappa shape index (κ1) is 19.0. The lowest BCUT2D eigenvalue weighted by atomic mass is 10.1. The van der Waals surface area contributed by atoms with Crippen LogP contribution in [0.4, 0.5) is 0 Å². The zero-order chi connectivity index (χ0) is 18.4. The van der Waals surface area contributed by atoms with Gasteiger partial charge in [0.2, 0.25) is 11.8 Å². The number of rotatable bonds is 8. The van der Waals surface area contributed by atoms with Gasteiger partial charge in [-0.25, -0.2) is 0 Å². The third-order valence-electron chi connectivity index (χ3n) is 3.76. The molecule has 2 aromatic rings. The molecule has 1 aromatic heterocycles. The minimum absolute atomic E-state index is 0.0627. The molecule has 3 N–H and O–H groups in total. The summed E-state index contributed by atoms with van der Waals surface area (Å²) in [6, 6.07) is 8.04. The predicted octanol–water partition coefficient (Wildman–Crippen LogP) is 1.34. The third-order valence-corrected chi connectivity index (χ3v) is 4.89. The van der Waals surface area contributed by atoms with Gasteiger partial charge in [-0.3, -0.25) is 9.59 Å². The van der Waals surface area contributed by atoms with E-state index < -0.39 is 0 Å². The number of nitrogens with zero attached hydrogens (tertiary/aromatic N) is 3. The average Bonchev–Trinajstić information content (AvgIpc) is 2.92. The fraction of sp³-hybridized carbons (Fsp3) is 0.412. The van der Waals surface area contributed by atoms with Crippen molar-refractivity contribution in [1.29, 1.82) is 0 Å². The molecule has 0 aliphatic carbocycles. The SMILES string of the molecule is Cc1ccc(CNC(=O)[C@H](C)Sc2nnc(CCC(N)=O)n2C)cc1. The normalized spacial score (nSPS) is 12.0. The van der Waals surface area contributed by atoms with Gasteiger partial charge < -0.3 is 15.6 Å². The topological polar surface area (TPSA) is 103 Å². The monoisotopic (exact) mass is 361 g/mol. The maximum Gasteiger partial charge on any atom is 0.233 e. The molecule has 1 aromatic carbocycles. The number of nitrogens with two attached hydrogens (primary N) is 1. The Morgan fingerprint density at radius 3 is 2.60 bits per heavy atom. The maximum atomic E-state index is 12.3. The zero-order valence-corrected chi connectivity index (χ0v) is 15.5. The van der Waals surface area contributed by atoms with Crippen LogP contribution in [0.3, 0.4) is 0 Å². The summed E-state index contributed by atoms with van der Waals surface area (Å²) in [4.78, 5) is 23.1. The molecule has 0 aliphatic rings. The molecular weight excluding hydrogens is 338 g/mol. The summed E-state index contributed by atoms with van der Waals surface area (Å²) in [5.41, 5.74) is 7.40. The van der Waals surface area contributed by atoms with E-state index in [0.29, 0.717) is 23.9 Å². The molecule has 134 valence electrons. The molecule has 0 unspecified atom stereocenters. The quantitative estimate of drug-likeness (QED) is 0.691. The van der Waals surface area contributed by atoms with Crippen molar-refractivity contribution in [2.75, 3.05) is 0 Å². The minimum atomic E-state index is -0.374. The number of benzene rings is 1. The molecule has 2 amide bonds. The van der Waals surface area contributed by atoms with Crippen molar-refractivity contribution in [3.8, 4) is 0 Å². The van der Waals surface area contributed by atoms with Crippen LogP contribution >= 0.6 is 11.8 Å². The molecule has 0 bridgehead atoms. The van der Waals surface area contributed by atoms with Gasteiger partial charge in [-0.2, -0.15) is 0 Å². The summed E-state index contributed by atoms with van der Waals surface area (Å²) in [5.74, 6) is 0.238. The van der Waals surface area contributed by atoms with E-state index in [9.17, 15) is 9.59 Å². The largest absolute Gasteiger partial charge is 0.370 e. The van der Waals surface area contributed by atoms with E-state index in [1.54, 1.807) is 4.57 Å². The highest BCUT2D eigenvalue weighted by Crippen LogP contribution is 2.22. The van der Waals surface area contributed by atoms with Crippen molar-refractivity contribution in [3.05, 3.63) is 41.2 Å². The first-order valence-corrected chi connectivity index (χ1v) is 8.91. The summed E-state index contributed by atoms with van der Waals surface area (Å²) < 4.78 is 1.79. The standard InChI is InChI=1S/C17H23N5O2S/c1-11-4-6-13(7-5-11)10-19-16(24)12(2)25-17-21-20-15(22(17)3)9-8-14(18)23/h4-7,12H,8-10H2,1-3H3,(H2,18,23)(H,19,24)/t12-/m0/s1. The Kier molecular flexibility index (Phi) is 6.58. The maximum absolute atomic E-state index is 12.3. The van der Waals surface area contributed by atoms with Crippen molar-refractivity contribution >= 4 is 23.6 Å². The van der Waals surface area contributed by atoms with Gasteiger partial charge in [0.15, 0.2) is 5.16 Å². The Labute approximate surface area is 151 Å². The van der Waals surface area contributed by atoms with Crippen LogP contribution in [0.5, 0.6) is 0 Å². The highest BCUT2D eigenvalue weighted by Gasteiger charge is 2.18. The fourth-order valence-corrected chi connectivity index (χ4v) is 3.01. The van der Waals surface area contributed by atoms with Gasteiger partial charge in [0.1, 0.15) is 5.82 Å². The van der Waals surface area contributed by atoms with Gasteiger partial charge in [-0.1, -0.05) is 41.6 Å². The summed E-state index contributed by atoms with van der Waals surface area (Å²) in [6.07, 6.45) is 0.663. The van der Waals surface area contributed by atoms with Gasteiger partial charge in [0, 0.05) is 26.4 Å². The summed E-state index contributed by atoms with van der Waals surface area (Å²) in [5, 5.41) is 11.4. The van der Waals surface area contributed by atoms with Crippen molar-refractivity contribution < 1.29 is 9.59 Å². The summed E-state index contributed by atoms with van der Waals surface area (Å²) >= 11 is 1.33. The highest BCUT2D eigenvalue weighted by molar-refractivity contribution is 8.00. The molecule has 0 spiro atoms. The second-order valence-corrected chi connectivity index (χ2v) is 7.20. The van der Waals surface area contributed by atoms with E-state index in [1.807, 2.05) is 45.2 Å². The number of hydrogen-bond acceptors (Lipinski definition) is 5. The number of amides is 2. The van der Waals surface area contributed by atoms with E-state index in [1.165, 1.54) is 17.3 Å². The smallest absolute Gasteiger partial charge is 0.233 e. The van der Waals surface area contributed by atoms with Gasteiger partial charge in [-0.15, -0.1) is 10.2 Å². The lowest BCUT2D eigenvalue weighted by Crippen LogP contribution is -2.30. The van der Waals surface area contributed by atoms with Crippen molar-refractivity contribution in [3.63, 3.8) is 0 Å². The predicted molar refractivity (Wildman–Crippen MR) is 96.9 cm³/mol. The second-order valence-electron chi connectivity index (χ2n) is 5.89. The van der Waals surface area contributed by atoms with Gasteiger partial charge in [-0.05, 0) is 19.4 Å². The zero-order valence-electron chi connectivity index (χ0n) is 14.7. The van der Waals surface area contributed by atoms with E-state index in [0.717, 1.165) is 5.56 Å². The van der Waals surface area contributed by atoms with Crippen LogP contribution in [-0.4, -0.2) is 31.8 Å². The van der Waals surface area contributed by atoms with Crippen LogP contribution in [0.15, 0.2) is 29.4 Å². The fourth-order valence-electron chi connectivity index (χ4n) is 2.15. The van der Waals surface area contributed by atoms with Gasteiger partial charge >= 0.3 is 0 Å². The molecule has 25 heavy (non-hydrogen) atoms. The lowest BCUT2D eigenvalue weighted by Gasteiger charge is -2.12. The van der Waals surface area contributed by atoms with Crippen LogP contribution in [0.2, 0.25) is 0 Å². The van der Waals surface area contributed by atoms with E-state index in [4.69, 9.17) is 5.73 Å². The number of hydrogen-bond donors (Lipinski definition) is 2. The van der Waals surface area contributed by atoms with Crippen molar-refractivity contribution in [2.24, 2.45) is 12.8 Å². The lowest BCUT2D eigenvalue weighted by molar-refractivity contribution is -0.120. The van der Waals surface area contributed by atoms with E-state index in [-0.39, 0.29) is 23.5 Å². The van der Waals surface area contributed by atoms with Gasteiger partial charge in [0.05, 0.1) is 5.25 Å². The first-order valence-electron chi connectivity index (χ1n) is 8.03. The Morgan fingerprint density at radius 2 is 1.96 bits per heavy atom. The molecule has 0 aliphatic heterocycles. The molecule has 1 heterocycles. The Hall–Kier alpha value is -2.35. The number of aryl methyl sites for hydroxylation is 2. The molecule has 0 radical (unpaired) electrons. The molecule has 0 fully saturated rings. The third kappa shape index (κ3) is 5.60. The molecule has 1 atom stereocenters. The van der Waals surface area contributed by atoms with Crippen LogP contribution < -0.4 is 11.1 Å². The Balaban J connectivity index is 1.88. The van der Waals surface area contributed by atoms with Crippen molar-refractivity contribution in [2.45, 2.75) is 43.6 Å². The molecule has 0 saturated heterocycles. The van der Waals surface area contributed by atoms with Crippen molar-refractivity contribution in [1.82, 2.24) is 20.1 Å². The molecular formula is C17H23N5O2S. The summed E-state index contributed by atoms with van der Waals surface area (Å²) in [7, 11) is 1.82. The first-order chi connectivity index (χ1) is 11.9. The Morgan fingerprint density at radius 1 is 1.28 bits per heavy atom. The summed E-state index contributed by atoms with van der Waals surface area (Å²) in [6.45, 7) is 4.35. The molecule has 0 saturated carbocycles. The molecule has 7 nitrogen and oxygen atoms in total. The number of nitrogens with one attached hydrogen (secondary N) is 1. The minimum Gasteiger partial charge on any atom is -0.370 e. The number of primary amides is 1. The number of aromatic nitrogens is 3. The van der Waals surface area contributed by atoms with Crippen LogP contribution in [0.1, 0.15) is 30.3 Å². The Bertz CT molecular complexity index is 742. The van der Waals surface area contributed by atoms with Crippen LogP contribution in [0, 0.1) is 6.92 Å². The van der Waals surface area contributed by atoms with E-state index in [2.05, 4.69) is 15.5 Å². The highest BCUT2D eigenvalue weighted by atomic mass is 32.2. The molecule has 2 rings (SSSR count). The number of thioether (sulfide) groups is 1. The van der Waals surface area contributed by atoms with E-state index >= 15 is 0 Å².